The fourth-order valence-electron chi connectivity index (χ4n) is 2.03. The smallest absolute Gasteiger partial charge is 0.315 e. The Morgan fingerprint density at radius 2 is 1.94 bits per heavy atom. The van der Waals surface area contributed by atoms with Gasteiger partial charge in [-0.25, -0.2) is 4.79 Å². The SMILES string of the molecule is CC1CC(NC(=O)NC(C)(C)CCC(=O)O)C1. The summed E-state index contributed by atoms with van der Waals surface area (Å²) in [4.78, 5) is 22.1. The van der Waals surface area contributed by atoms with E-state index in [0.717, 1.165) is 12.8 Å². The molecule has 1 saturated carbocycles. The van der Waals surface area contributed by atoms with Crippen LogP contribution in [0, 0.1) is 5.92 Å². The normalized spacial score (nSPS) is 23.7. The zero-order valence-corrected chi connectivity index (χ0v) is 10.7. The van der Waals surface area contributed by atoms with Crippen molar-refractivity contribution in [2.75, 3.05) is 0 Å². The zero-order chi connectivity index (χ0) is 13.1. The molecule has 0 aromatic carbocycles. The Labute approximate surface area is 102 Å². The number of hydrogen-bond donors (Lipinski definition) is 3. The van der Waals surface area contributed by atoms with Crippen molar-refractivity contribution in [1.82, 2.24) is 10.6 Å². The van der Waals surface area contributed by atoms with Crippen LogP contribution in [-0.2, 0) is 4.79 Å². The molecule has 98 valence electrons. The van der Waals surface area contributed by atoms with Crippen LogP contribution in [-0.4, -0.2) is 28.7 Å². The quantitative estimate of drug-likeness (QED) is 0.687. The van der Waals surface area contributed by atoms with Crippen molar-refractivity contribution in [2.24, 2.45) is 5.92 Å². The molecule has 3 N–H and O–H groups in total. The molecule has 0 aromatic rings. The molecule has 1 aliphatic carbocycles. The van der Waals surface area contributed by atoms with Crippen molar-refractivity contribution in [3.05, 3.63) is 0 Å². The van der Waals surface area contributed by atoms with E-state index < -0.39 is 11.5 Å². The molecule has 5 nitrogen and oxygen atoms in total. The standard InChI is InChI=1S/C12H22N2O3/c1-8-6-9(7-8)13-11(17)14-12(2,3)5-4-10(15)16/h8-9H,4-7H2,1-3H3,(H,15,16)(H2,13,14,17). The molecular weight excluding hydrogens is 220 g/mol. The van der Waals surface area contributed by atoms with Crippen molar-refractivity contribution in [3.8, 4) is 0 Å². The molecule has 1 fully saturated rings. The molecule has 0 heterocycles. The average Bonchev–Trinajstić information content (AvgIpc) is 2.11. The van der Waals surface area contributed by atoms with Gasteiger partial charge >= 0.3 is 12.0 Å². The van der Waals surface area contributed by atoms with E-state index in [1.807, 2.05) is 13.8 Å². The first-order valence-corrected chi connectivity index (χ1v) is 6.09. The second-order valence-corrected chi connectivity index (χ2v) is 5.65. The summed E-state index contributed by atoms with van der Waals surface area (Å²) in [6, 6.07) is 0.0811. The summed E-state index contributed by atoms with van der Waals surface area (Å²) in [7, 11) is 0. The van der Waals surface area contributed by atoms with E-state index in [4.69, 9.17) is 5.11 Å². The maximum atomic E-state index is 11.6. The Hall–Kier alpha value is -1.26. The van der Waals surface area contributed by atoms with Gasteiger partial charge in [-0.1, -0.05) is 6.92 Å². The van der Waals surface area contributed by atoms with E-state index in [-0.39, 0.29) is 18.5 Å². The highest BCUT2D eigenvalue weighted by molar-refractivity contribution is 5.75. The molecule has 5 heteroatoms. The van der Waals surface area contributed by atoms with Crippen molar-refractivity contribution in [3.63, 3.8) is 0 Å². The predicted molar refractivity (Wildman–Crippen MR) is 64.8 cm³/mol. The van der Waals surface area contributed by atoms with Crippen LogP contribution in [0.25, 0.3) is 0 Å². The van der Waals surface area contributed by atoms with E-state index in [2.05, 4.69) is 17.6 Å². The number of aliphatic carboxylic acids is 1. The van der Waals surface area contributed by atoms with Crippen molar-refractivity contribution in [1.29, 1.82) is 0 Å². The minimum absolute atomic E-state index is 0.0632. The fraction of sp³-hybridized carbons (Fsp3) is 0.833. The van der Waals surface area contributed by atoms with Gasteiger partial charge in [0.1, 0.15) is 0 Å². The molecule has 0 spiro atoms. The third-order valence-electron chi connectivity index (χ3n) is 3.12. The monoisotopic (exact) mass is 242 g/mol. The van der Waals surface area contributed by atoms with Crippen molar-refractivity contribution >= 4 is 12.0 Å². The van der Waals surface area contributed by atoms with Gasteiger partial charge < -0.3 is 15.7 Å². The van der Waals surface area contributed by atoms with E-state index in [9.17, 15) is 9.59 Å². The molecule has 0 aromatic heterocycles. The molecule has 17 heavy (non-hydrogen) atoms. The average molecular weight is 242 g/mol. The second kappa shape index (κ2) is 5.38. The number of rotatable bonds is 5. The molecule has 0 radical (unpaired) electrons. The second-order valence-electron chi connectivity index (χ2n) is 5.65. The summed E-state index contributed by atoms with van der Waals surface area (Å²) in [5.41, 5.74) is -0.488. The van der Waals surface area contributed by atoms with Crippen LogP contribution in [0.3, 0.4) is 0 Å². The molecule has 1 rings (SSSR count). The van der Waals surface area contributed by atoms with Gasteiger partial charge in [0, 0.05) is 18.0 Å². The summed E-state index contributed by atoms with van der Waals surface area (Å²) < 4.78 is 0. The first-order chi connectivity index (χ1) is 7.78. The van der Waals surface area contributed by atoms with E-state index >= 15 is 0 Å². The number of urea groups is 1. The van der Waals surface area contributed by atoms with Gasteiger partial charge in [0.2, 0.25) is 0 Å². The van der Waals surface area contributed by atoms with Gasteiger partial charge in [-0.05, 0) is 39.0 Å². The highest BCUT2D eigenvalue weighted by atomic mass is 16.4. The third-order valence-corrected chi connectivity index (χ3v) is 3.12. The van der Waals surface area contributed by atoms with Crippen molar-refractivity contribution in [2.45, 2.75) is 58.0 Å². The summed E-state index contributed by atoms with van der Waals surface area (Å²) in [5.74, 6) is -0.145. The molecule has 2 amide bonds. The molecule has 1 aliphatic rings. The first kappa shape index (κ1) is 13.8. The van der Waals surface area contributed by atoms with Gasteiger partial charge in [0.15, 0.2) is 0 Å². The van der Waals surface area contributed by atoms with Crippen LogP contribution < -0.4 is 10.6 Å². The van der Waals surface area contributed by atoms with E-state index in [1.165, 1.54) is 0 Å². The van der Waals surface area contributed by atoms with Crippen LogP contribution in [0.4, 0.5) is 4.79 Å². The molecular formula is C12H22N2O3. The topological polar surface area (TPSA) is 78.4 Å². The maximum Gasteiger partial charge on any atom is 0.315 e. The van der Waals surface area contributed by atoms with Crippen molar-refractivity contribution < 1.29 is 14.7 Å². The first-order valence-electron chi connectivity index (χ1n) is 6.09. The summed E-state index contributed by atoms with van der Waals surface area (Å²) >= 11 is 0. The highest BCUT2D eigenvalue weighted by Gasteiger charge is 2.28. The van der Waals surface area contributed by atoms with Crippen LogP contribution in [0.5, 0.6) is 0 Å². The van der Waals surface area contributed by atoms with Gasteiger partial charge in [-0.15, -0.1) is 0 Å². The van der Waals surface area contributed by atoms with E-state index in [1.54, 1.807) is 0 Å². The van der Waals surface area contributed by atoms with Gasteiger partial charge in [0.25, 0.3) is 0 Å². The predicted octanol–water partition coefficient (Wildman–Crippen LogP) is 1.73. The minimum Gasteiger partial charge on any atom is -0.481 e. The molecule has 0 atom stereocenters. The van der Waals surface area contributed by atoms with Gasteiger partial charge in [-0.2, -0.15) is 0 Å². The third kappa shape index (κ3) is 5.06. The number of carboxylic acids is 1. The number of carbonyl (C=O) groups excluding carboxylic acids is 1. The lowest BCUT2D eigenvalue weighted by Crippen LogP contribution is -2.53. The Morgan fingerprint density at radius 3 is 2.41 bits per heavy atom. The molecule has 0 unspecified atom stereocenters. The molecule has 0 bridgehead atoms. The highest BCUT2D eigenvalue weighted by Crippen LogP contribution is 2.26. The largest absolute Gasteiger partial charge is 0.481 e. The number of nitrogens with one attached hydrogen (secondary N) is 2. The maximum absolute atomic E-state index is 11.6. The Kier molecular flexibility index (Phi) is 4.37. The lowest BCUT2D eigenvalue weighted by atomic mass is 9.82. The lowest BCUT2D eigenvalue weighted by molar-refractivity contribution is -0.137. The number of carboxylic acid groups (broad SMARTS) is 1. The Morgan fingerprint density at radius 1 is 1.35 bits per heavy atom. The lowest BCUT2D eigenvalue weighted by Gasteiger charge is -2.35. The number of hydrogen-bond acceptors (Lipinski definition) is 2. The Bertz CT molecular complexity index is 296. The van der Waals surface area contributed by atoms with Gasteiger partial charge in [0.05, 0.1) is 0 Å². The number of carbonyl (C=O) groups is 2. The molecule has 0 saturated heterocycles. The zero-order valence-electron chi connectivity index (χ0n) is 10.7. The minimum atomic E-state index is -0.840. The van der Waals surface area contributed by atoms with Crippen LogP contribution in [0.15, 0.2) is 0 Å². The van der Waals surface area contributed by atoms with E-state index in [0.29, 0.717) is 12.3 Å². The summed E-state index contributed by atoms with van der Waals surface area (Å²) in [6.07, 6.45) is 2.55. The van der Waals surface area contributed by atoms with Gasteiger partial charge in [-0.3, -0.25) is 4.79 Å². The fourth-order valence-corrected chi connectivity index (χ4v) is 2.03. The van der Waals surface area contributed by atoms with Crippen LogP contribution in [0.1, 0.15) is 46.5 Å². The summed E-state index contributed by atoms with van der Waals surface area (Å²) in [6.45, 7) is 5.82. The molecule has 0 aliphatic heterocycles. The number of amides is 2. The summed E-state index contributed by atoms with van der Waals surface area (Å²) in [5, 5.41) is 14.3. The Balaban J connectivity index is 2.26. The van der Waals surface area contributed by atoms with Crippen LogP contribution in [0.2, 0.25) is 0 Å². The van der Waals surface area contributed by atoms with Crippen LogP contribution >= 0.6 is 0 Å².